The Bertz CT molecular complexity index is 1030. The molecule has 1 atom stereocenters. The number of anilines is 1. The van der Waals surface area contributed by atoms with E-state index in [1.54, 1.807) is 6.07 Å². The summed E-state index contributed by atoms with van der Waals surface area (Å²) in [5.41, 5.74) is 0.872. The van der Waals surface area contributed by atoms with Crippen LogP contribution in [0.3, 0.4) is 0 Å². The zero-order valence-electron chi connectivity index (χ0n) is 17.0. The van der Waals surface area contributed by atoms with Crippen molar-refractivity contribution >= 4 is 35.1 Å². The molecule has 0 aliphatic rings. The zero-order valence-corrected chi connectivity index (χ0v) is 17.8. The molecule has 2 N–H and O–H groups in total. The molecule has 2 aromatic rings. The first-order valence-corrected chi connectivity index (χ1v) is 9.37. The smallest absolute Gasteiger partial charge is 0.326 e. The van der Waals surface area contributed by atoms with Crippen molar-refractivity contribution in [2.75, 3.05) is 26.1 Å². The second-order valence-corrected chi connectivity index (χ2v) is 6.59. The van der Waals surface area contributed by atoms with E-state index in [2.05, 4.69) is 10.6 Å². The third kappa shape index (κ3) is 6.35. The molecule has 2 rings (SSSR count). The summed E-state index contributed by atoms with van der Waals surface area (Å²) >= 11 is 5.92. The molecule has 2 amide bonds. The van der Waals surface area contributed by atoms with Crippen molar-refractivity contribution in [2.24, 2.45) is 0 Å². The number of hydrogen-bond donors (Lipinski definition) is 2. The van der Waals surface area contributed by atoms with Crippen molar-refractivity contribution in [2.45, 2.75) is 13.0 Å². The Morgan fingerprint density at radius 3 is 2.42 bits per heavy atom. The van der Waals surface area contributed by atoms with Crippen LogP contribution in [0.4, 0.5) is 5.69 Å². The molecule has 10 heteroatoms. The fourth-order valence-electron chi connectivity index (χ4n) is 2.45. The third-order valence-corrected chi connectivity index (χ3v) is 4.39. The van der Waals surface area contributed by atoms with Gasteiger partial charge >= 0.3 is 5.97 Å². The highest BCUT2D eigenvalue weighted by Crippen LogP contribution is 2.27. The fourth-order valence-corrected chi connectivity index (χ4v) is 2.67. The monoisotopic (exact) mass is 445 g/mol. The van der Waals surface area contributed by atoms with Crippen LogP contribution in [0, 0.1) is 11.3 Å². The number of amides is 2. The highest BCUT2D eigenvalue weighted by molar-refractivity contribution is 6.32. The number of benzene rings is 2. The second kappa shape index (κ2) is 10.8. The lowest BCUT2D eigenvalue weighted by Crippen LogP contribution is -2.35. The van der Waals surface area contributed by atoms with Crippen LogP contribution in [0.25, 0.3) is 0 Å². The molecule has 162 valence electrons. The minimum atomic E-state index is -1.13. The summed E-state index contributed by atoms with van der Waals surface area (Å²) in [4.78, 5) is 36.4. The van der Waals surface area contributed by atoms with Crippen molar-refractivity contribution in [3.8, 4) is 17.6 Å². The van der Waals surface area contributed by atoms with E-state index in [0.717, 1.165) is 0 Å². The number of esters is 1. The Morgan fingerprint density at radius 1 is 1.10 bits per heavy atom. The number of nitriles is 1. The normalized spacial score (nSPS) is 10.9. The number of rotatable bonds is 8. The molecular weight excluding hydrogens is 426 g/mol. The van der Waals surface area contributed by atoms with Crippen molar-refractivity contribution in [3.05, 3.63) is 52.5 Å². The molecule has 0 bridgehead atoms. The molecule has 0 aromatic heterocycles. The van der Waals surface area contributed by atoms with Gasteiger partial charge in [0.15, 0.2) is 17.6 Å². The van der Waals surface area contributed by atoms with Crippen molar-refractivity contribution in [3.63, 3.8) is 0 Å². The number of nitrogens with one attached hydrogen (secondary N) is 2. The van der Waals surface area contributed by atoms with Crippen molar-refractivity contribution < 1.29 is 28.6 Å². The van der Waals surface area contributed by atoms with Gasteiger partial charge in [0.05, 0.1) is 24.8 Å². The lowest BCUT2D eigenvalue weighted by atomic mass is 10.2. The van der Waals surface area contributed by atoms with Gasteiger partial charge in [0.1, 0.15) is 12.6 Å². The molecular formula is C21H20ClN3O6. The van der Waals surface area contributed by atoms with Gasteiger partial charge in [-0.05, 0) is 43.3 Å². The largest absolute Gasteiger partial charge is 0.493 e. The number of nitrogens with zero attached hydrogens (tertiary/aromatic N) is 1. The van der Waals surface area contributed by atoms with Crippen LogP contribution in [0.1, 0.15) is 22.8 Å². The van der Waals surface area contributed by atoms with Crippen LogP contribution in [-0.2, 0) is 14.3 Å². The van der Waals surface area contributed by atoms with Gasteiger partial charge in [0.2, 0.25) is 0 Å². The quantitative estimate of drug-likeness (QED) is 0.597. The Balaban J connectivity index is 1.87. The van der Waals surface area contributed by atoms with E-state index in [0.29, 0.717) is 17.2 Å². The van der Waals surface area contributed by atoms with Gasteiger partial charge in [-0.25, -0.2) is 0 Å². The molecule has 0 fully saturated rings. The van der Waals surface area contributed by atoms with E-state index in [-0.39, 0.29) is 16.1 Å². The molecule has 2 aromatic carbocycles. The Morgan fingerprint density at radius 2 is 1.81 bits per heavy atom. The van der Waals surface area contributed by atoms with E-state index in [4.69, 9.17) is 31.1 Å². The van der Waals surface area contributed by atoms with E-state index >= 15 is 0 Å². The van der Waals surface area contributed by atoms with Gasteiger partial charge < -0.3 is 24.8 Å². The summed E-state index contributed by atoms with van der Waals surface area (Å²) in [5.74, 6) is -1.09. The summed E-state index contributed by atoms with van der Waals surface area (Å²) < 4.78 is 15.3. The molecule has 0 saturated heterocycles. The minimum absolute atomic E-state index is 0.183. The van der Waals surface area contributed by atoms with Gasteiger partial charge in [-0.1, -0.05) is 11.6 Å². The molecule has 0 radical (unpaired) electrons. The number of methoxy groups -OCH3 is 2. The first-order chi connectivity index (χ1) is 14.8. The lowest BCUT2D eigenvalue weighted by Gasteiger charge is -2.14. The zero-order chi connectivity index (χ0) is 23.0. The van der Waals surface area contributed by atoms with Crippen LogP contribution in [0.15, 0.2) is 36.4 Å². The van der Waals surface area contributed by atoms with Gasteiger partial charge in [0, 0.05) is 11.3 Å². The predicted octanol–water partition coefficient (Wildman–Crippen LogP) is 2.53. The summed E-state index contributed by atoms with van der Waals surface area (Å²) in [6.07, 6.45) is -1.13. The Kier molecular flexibility index (Phi) is 8.23. The average molecular weight is 446 g/mol. The highest BCUT2D eigenvalue weighted by atomic mass is 35.5. The maximum absolute atomic E-state index is 12.2. The van der Waals surface area contributed by atoms with Crippen molar-refractivity contribution in [1.29, 1.82) is 5.26 Å². The molecule has 9 nitrogen and oxygen atoms in total. The van der Waals surface area contributed by atoms with Crippen LogP contribution in [0.5, 0.6) is 11.5 Å². The highest BCUT2D eigenvalue weighted by Gasteiger charge is 2.19. The summed E-state index contributed by atoms with van der Waals surface area (Å²) in [6, 6.07) is 10.8. The number of carbonyl (C=O) groups excluding carboxylic acids is 3. The van der Waals surface area contributed by atoms with Crippen LogP contribution in [0.2, 0.25) is 5.02 Å². The van der Waals surface area contributed by atoms with E-state index in [1.165, 1.54) is 51.5 Å². The summed E-state index contributed by atoms with van der Waals surface area (Å²) in [7, 11) is 2.91. The Labute approximate surface area is 183 Å². The maximum Gasteiger partial charge on any atom is 0.326 e. The van der Waals surface area contributed by atoms with Crippen LogP contribution < -0.4 is 20.1 Å². The van der Waals surface area contributed by atoms with Gasteiger partial charge in [-0.2, -0.15) is 5.26 Å². The van der Waals surface area contributed by atoms with Crippen molar-refractivity contribution in [1.82, 2.24) is 5.32 Å². The van der Waals surface area contributed by atoms with Gasteiger partial charge in [-0.3, -0.25) is 14.4 Å². The summed E-state index contributed by atoms with van der Waals surface area (Å²) in [5, 5.41) is 14.0. The molecule has 0 heterocycles. The minimum Gasteiger partial charge on any atom is -0.493 e. The molecule has 0 spiro atoms. The van der Waals surface area contributed by atoms with E-state index < -0.39 is 30.4 Å². The van der Waals surface area contributed by atoms with Crippen LogP contribution >= 0.6 is 11.6 Å². The number of hydrogen-bond acceptors (Lipinski definition) is 7. The molecule has 1 unspecified atom stereocenters. The maximum atomic E-state index is 12.2. The SMILES string of the molecule is COc1ccc(C(=O)NCC(=O)OC(C)C(=O)Nc2ccc(C#N)c(Cl)c2)cc1OC. The lowest BCUT2D eigenvalue weighted by molar-refractivity contribution is -0.152. The molecule has 0 aliphatic carbocycles. The summed E-state index contributed by atoms with van der Waals surface area (Å²) in [6.45, 7) is 0.947. The van der Waals surface area contributed by atoms with Gasteiger partial charge in [0.25, 0.3) is 11.8 Å². The number of ether oxygens (including phenoxy) is 3. The first-order valence-electron chi connectivity index (χ1n) is 8.99. The van der Waals surface area contributed by atoms with Gasteiger partial charge in [-0.15, -0.1) is 0 Å². The predicted molar refractivity (Wildman–Crippen MR) is 112 cm³/mol. The number of carbonyl (C=O) groups is 3. The van der Waals surface area contributed by atoms with E-state index in [1.807, 2.05) is 6.07 Å². The average Bonchev–Trinajstić information content (AvgIpc) is 2.76. The molecule has 0 aliphatic heterocycles. The van der Waals surface area contributed by atoms with Crippen LogP contribution in [-0.4, -0.2) is 44.7 Å². The second-order valence-electron chi connectivity index (χ2n) is 6.18. The van der Waals surface area contributed by atoms with E-state index in [9.17, 15) is 14.4 Å². The fraction of sp³-hybridized carbons (Fsp3) is 0.238. The Hall–Kier alpha value is -3.77. The molecule has 31 heavy (non-hydrogen) atoms. The topological polar surface area (TPSA) is 127 Å². The first kappa shape index (κ1) is 23.5. The third-order valence-electron chi connectivity index (χ3n) is 4.07. The number of halogens is 1. The standard InChI is InChI=1S/C21H20ClN3O6/c1-12(20(27)25-15-6-4-14(10-23)16(22)9-15)31-19(26)11-24-21(28)13-5-7-17(29-2)18(8-13)30-3/h4-9,12H,11H2,1-3H3,(H,24,28)(H,25,27). The molecule has 0 saturated carbocycles.